The van der Waals surface area contributed by atoms with E-state index in [9.17, 15) is 112 Å². The minimum Gasteiger partial charge on any atom is -0.394 e. The van der Waals surface area contributed by atoms with Crippen LogP contribution in [0.3, 0.4) is 0 Å². The molecule has 0 aromatic rings. The smallest absolute Gasteiger partial charge is 0.187 e. The Kier molecular flexibility index (Phi) is 33.1. The number of hydrogen-bond acceptors (Lipinski definition) is 39. The van der Waals surface area contributed by atoms with Crippen molar-refractivity contribution in [3.63, 3.8) is 0 Å². The molecule has 0 saturated carbocycles. The van der Waals surface area contributed by atoms with E-state index in [1.807, 2.05) is 0 Å². The number of methoxy groups -OCH3 is 1. The van der Waals surface area contributed by atoms with E-state index in [4.69, 9.17) is 80.5 Å². The lowest BCUT2D eigenvalue weighted by Gasteiger charge is -2.49. The molecule has 0 spiro atoms. The molecule has 34 atom stereocenters. The lowest BCUT2D eigenvalue weighted by Crippen LogP contribution is -2.67. The molecule has 0 amide bonds. The highest BCUT2D eigenvalue weighted by Crippen LogP contribution is 2.38. The topological polar surface area (TPSA) is 602 Å². The highest BCUT2D eigenvalue weighted by molar-refractivity contribution is 4.99. The average molecular weight is 1370 g/mol. The van der Waals surface area contributed by atoms with Crippen LogP contribution >= 0.6 is 0 Å². The molecule has 548 valence electrons. The van der Waals surface area contributed by atoms with Gasteiger partial charge in [-0.1, -0.05) is 13.8 Å². The highest BCUT2D eigenvalue weighted by Gasteiger charge is 2.57. The summed E-state index contributed by atoms with van der Waals surface area (Å²) in [5.41, 5.74) is 0. The van der Waals surface area contributed by atoms with Crippen molar-refractivity contribution < 1.29 is 193 Å². The first-order chi connectivity index (χ1) is 44.3. The first-order valence-electron chi connectivity index (χ1n) is 30.5. The van der Waals surface area contributed by atoms with Crippen LogP contribution in [-0.2, 0) is 80.5 Å². The maximum absolute atomic E-state index is 12.1. The predicted octanol–water partition coefficient (Wildman–Crippen LogP) is -13.2. The van der Waals surface area contributed by atoms with Crippen molar-refractivity contribution in [1.82, 2.24) is 0 Å². The van der Waals surface area contributed by atoms with E-state index in [-0.39, 0.29) is 12.3 Å². The zero-order valence-electron chi connectivity index (χ0n) is 51.5. The quantitative estimate of drug-likeness (QED) is 0.0259. The Morgan fingerprint density at radius 2 is 0.871 bits per heavy atom. The van der Waals surface area contributed by atoms with Gasteiger partial charge in [-0.25, -0.2) is 0 Å². The normalized spacial score (nSPS) is 42.5. The fourth-order valence-corrected chi connectivity index (χ4v) is 11.4. The van der Waals surface area contributed by atoms with Gasteiger partial charge in [0.05, 0.1) is 116 Å². The Balaban J connectivity index is 1.28. The van der Waals surface area contributed by atoms with Gasteiger partial charge in [0.1, 0.15) is 128 Å². The summed E-state index contributed by atoms with van der Waals surface area (Å²) in [6, 6.07) is 0. The number of aliphatic hydroxyl groups excluding tert-OH is 22. The van der Waals surface area contributed by atoms with Gasteiger partial charge in [0, 0.05) is 20.0 Å². The van der Waals surface area contributed by atoms with Gasteiger partial charge < -0.3 is 193 Å². The van der Waals surface area contributed by atoms with Gasteiger partial charge in [-0.2, -0.15) is 0 Å². The third kappa shape index (κ3) is 20.1. The zero-order chi connectivity index (χ0) is 68.7. The van der Waals surface area contributed by atoms with Crippen LogP contribution in [0.15, 0.2) is 0 Å². The van der Waals surface area contributed by atoms with Gasteiger partial charge in [0.25, 0.3) is 0 Å². The van der Waals surface area contributed by atoms with Crippen molar-refractivity contribution in [2.45, 2.75) is 249 Å². The Labute approximate surface area is 532 Å². The summed E-state index contributed by atoms with van der Waals surface area (Å²) in [5.74, 6) is -0.289. The third-order valence-corrected chi connectivity index (χ3v) is 16.5. The maximum atomic E-state index is 12.1. The number of hydrogen-bond donors (Lipinski definition) is 22. The van der Waals surface area contributed by atoms with Gasteiger partial charge in [-0.3, -0.25) is 0 Å². The van der Waals surface area contributed by atoms with Crippen molar-refractivity contribution in [2.75, 3.05) is 86.4 Å². The van der Waals surface area contributed by atoms with E-state index >= 15 is 0 Å². The monoisotopic (exact) mass is 1370 g/mol. The Hall–Kier alpha value is -1.56. The van der Waals surface area contributed by atoms with Crippen LogP contribution < -0.4 is 0 Å². The fraction of sp³-hybridized carbons (Fsp3) is 1.00. The molecule has 93 heavy (non-hydrogen) atoms. The second kappa shape index (κ2) is 38.3. The molecule has 39 heteroatoms. The van der Waals surface area contributed by atoms with Gasteiger partial charge >= 0.3 is 0 Å². The minimum absolute atomic E-state index is 0.0980. The van der Waals surface area contributed by atoms with Crippen LogP contribution in [0.2, 0.25) is 0 Å². The molecule has 6 heterocycles. The van der Waals surface area contributed by atoms with E-state index in [1.165, 1.54) is 0 Å². The molecule has 0 radical (unpaired) electrons. The lowest BCUT2D eigenvalue weighted by molar-refractivity contribution is -0.389. The first kappa shape index (κ1) is 80.4. The van der Waals surface area contributed by atoms with Crippen LogP contribution in [0.4, 0.5) is 0 Å². The summed E-state index contributed by atoms with van der Waals surface area (Å²) in [5, 5.41) is 239. The van der Waals surface area contributed by atoms with Gasteiger partial charge in [0.2, 0.25) is 0 Å². The molecule has 39 nitrogen and oxygen atoms in total. The molecule has 6 aliphatic rings. The fourth-order valence-electron chi connectivity index (χ4n) is 11.4. The van der Waals surface area contributed by atoms with Crippen molar-refractivity contribution in [2.24, 2.45) is 5.92 Å². The molecule has 0 bridgehead atoms. The van der Waals surface area contributed by atoms with Crippen LogP contribution in [0, 0.1) is 5.92 Å². The van der Waals surface area contributed by atoms with E-state index in [0.717, 1.165) is 14.0 Å². The summed E-state index contributed by atoms with van der Waals surface area (Å²) in [6.45, 7) is -5.20. The van der Waals surface area contributed by atoms with E-state index in [1.54, 1.807) is 13.8 Å². The molecule has 0 aromatic heterocycles. The number of aliphatic hydroxyl groups is 22. The third-order valence-electron chi connectivity index (χ3n) is 16.5. The molecule has 34 unspecified atom stereocenters. The first-order valence-corrected chi connectivity index (χ1v) is 30.5. The summed E-state index contributed by atoms with van der Waals surface area (Å²) in [7, 11) is 1.12. The standard InChI is InChI=1S/C54H98O39/c1-19(2)43-32(66)24(7-21(9-56)81-43)83-52-41(75)47(35(69)28(15-62)86-52)92-51-37(71)25(8-22(10-57)82-51)84-53-42(76)48(93-54-40(74)45(89-30(16-63)77-4)33(67)27(14-61)87-54)36(70)29(88-53)18-79-50-39(73)46(34(68)26(13-60)85-50)91-49(78-6-5-55)38(72)44(20(3)65)90-31(17-64)80-23(11-58)12-59/h19-76H,5-18H2,1-4H3. The Morgan fingerprint density at radius 1 is 0.430 bits per heavy atom. The average Bonchev–Trinajstić information content (AvgIpc) is 0.817. The molecule has 0 aromatic carbocycles. The van der Waals surface area contributed by atoms with Crippen LogP contribution in [0.5, 0.6) is 0 Å². The summed E-state index contributed by atoms with van der Waals surface area (Å²) >= 11 is 0. The maximum Gasteiger partial charge on any atom is 0.187 e. The molecule has 6 rings (SSSR count). The van der Waals surface area contributed by atoms with Crippen molar-refractivity contribution in [3.8, 4) is 0 Å². The van der Waals surface area contributed by atoms with Crippen LogP contribution in [-0.4, -0.2) is 414 Å². The van der Waals surface area contributed by atoms with E-state index in [0.29, 0.717) is 0 Å². The second-order valence-corrected chi connectivity index (χ2v) is 23.5. The zero-order valence-corrected chi connectivity index (χ0v) is 51.5. The summed E-state index contributed by atoms with van der Waals surface area (Å²) in [4.78, 5) is 0. The van der Waals surface area contributed by atoms with Crippen molar-refractivity contribution >= 4 is 0 Å². The van der Waals surface area contributed by atoms with Crippen molar-refractivity contribution in [3.05, 3.63) is 0 Å². The lowest BCUT2D eigenvalue weighted by atomic mass is 9.91. The molecule has 6 saturated heterocycles. The minimum atomic E-state index is -2.27. The summed E-state index contributed by atoms with van der Waals surface area (Å²) < 4.78 is 97.7. The van der Waals surface area contributed by atoms with E-state index < -0.39 is 301 Å². The molecule has 6 fully saturated rings. The molecule has 0 aliphatic carbocycles. The molecule has 6 aliphatic heterocycles. The summed E-state index contributed by atoms with van der Waals surface area (Å²) in [6.07, 6.45) is -63.4. The Bertz CT molecular complexity index is 2060. The van der Waals surface area contributed by atoms with Crippen molar-refractivity contribution in [1.29, 1.82) is 0 Å². The number of rotatable bonds is 36. The van der Waals surface area contributed by atoms with Gasteiger partial charge in [-0.05, 0) is 12.8 Å². The second-order valence-electron chi connectivity index (χ2n) is 23.5. The Morgan fingerprint density at radius 3 is 1.34 bits per heavy atom. The van der Waals surface area contributed by atoms with Crippen LogP contribution in [0.1, 0.15) is 33.6 Å². The molecular weight excluding hydrogens is 1270 g/mol. The molecule has 22 N–H and O–H groups in total. The van der Waals surface area contributed by atoms with E-state index in [2.05, 4.69) is 0 Å². The van der Waals surface area contributed by atoms with Gasteiger partial charge in [-0.15, -0.1) is 0 Å². The largest absolute Gasteiger partial charge is 0.394 e. The predicted molar refractivity (Wildman–Crippen MR) is 294 cm³/mol. The van der Waals surface area contributed by atoms with Crippen LogP contribution in [0.25, 0.3) is 0 Å². The van der Waals surface area contributed by atoms with Gasteiger partial charge in [0.15, 0.2) is 50.3 Å². The highest BCUT2D eigenvalue weighted by atomic mass is 16.8. The number of ether oxygens (including phenoxy) is 17. The SMILES string of the molecule is COC(CO)OC1C(O)C(CO)OC(OC2C(O)C(COC3OC(CO)C(O)C(OC(OCCO)C(O)C(OC(CO)OC(CO)CO)C(C)O)C3O)OC(OC3CC(CO)OC(OC4C(O)C(CO)OC(OC5CC(CO)OC(C(C)C)C5O)C4O)C3O)C2O)C1O. The molecular formula is C54H98O39.